The molecule has 22 heteroatoms. The molecule has 408 valence electrons. The van der Waals surface area contributed by atoms with E-state index in [2.05, 4.69) is 11.0 Å². The predicted octanol–water partition coefficient (Wildman–Crippen LogP) is 6.27. The zero-order valence-electron chi connectivity index (χ0n) is 43.6. The third kappa shape index (κ3) is 14.5. The van der Waals surface area contributed by atoms with Crippen LogP contribution in [0.1, 0.15) is 91.4 Å². The van der Waals surface area contributed by atoms with Gasteiger partial charge in [0, 0.05) is 36.8 Å². The number of esters is 1. The molecule has 0 unspecified atom stereocenters. The zero-order valence-corrected chi connectivity index (χ0v) is 43.6. The van der Waals surface area contributed by atoms with Crippen molar-refractivity contribution in [3.63, 3.8) is 0 Å². The second-order valence-corrected chi connectivity index (χ2v) is 18.3. The number of carbonyl (C=O) groups is 2. The predicted molar refractivity (Wildman–Crippen MR) is 285 cm³/mol. The molecule has 0 bridgehead atoms. The van der Waals surface area contributed by atoms with Crippen LogP contribution in [0.25, 0.3) is 33.2 Å². The molecule has 0 saturated carbocycles. The van der Waals surface area contributed by atoms with Gasteiger partial charge in [-0.3, -0.25) is 48.0 Å². The summed E-state index contributed by atoms with van der Waals surface area (Å²) in [6, 6.07) is 33.0. The molecule has 4 heterocycles. The summed E-state index contributed by atoms with van der Waals surface area (Å²) >= 11 is 0. The number of carboxylic acid groups (broad SMARTS) is 1. The van der Waals surface area contributed by atoms with Crippen LogP contribution in [-0.4, -0.2) is 73.1 Å². The topological polar surface area (TPSA) is 231 Å². The number of nitrogens with one attached hydrogen (secondary N) is 2. The molecule has 2 atom stereocenters. The van der Waals surface area contributed by atoms with Gasteiger partial charge in [-0.2, -0.15) is 0 Å². The molecule has 17 nitrogen and oxygen atoms in total. The van der Waals surface area contributed by atoms with Crippen molar-refractivity contribution in [3.05, 3.63) is 211 Å². The van der Waals surface area contributed by atoms with Crippen LogP contribution in [0.4, 0.5) is 17.6 Å². The van der Waals surface area contributed by atoms with Crippen molar-refractivity contribution < 1.29 is 71.0 Å². The molecule has 6 aromatic carbocycles. The van der Waals surface area contributed by atoms with Gasteiger partial charge in [0.15, 0.2) is 11.7 Å². The van der Waals surface area contributed by atoms with Crippen LogP contribution in [0.15, 0.2) is 153 Å². The molecule has 0 aliphatic carbocycles. The molecule has 8 aromatic rings. The molecule has 0 saturated heterocycles. The van der Waals surface area contributed by atoms with Gasteiger partial charge in [0.25, 0.3) is 11.1 Å². The Morgan fingerprint density at radius 3 is 1.36 bits per heavy atom. The number of fused-ring (bicyclic) bond motifs is 2. The summed E-state index contributed by atoms with van der Waals surface area (Å²) in [5, 5.41) is 9.71. The molecule has 0 radical (unpaired) electrons. The molecule has 2 aromatic heterocycles. The maximum Gasteiger partial charge on any atom is 1.00 e. The van der Waals surface area contributed by atoms with Crippen LogP contribution in [0.3, 0.4) is 0 Å². The van der Waals surface area contributed by atoms with Gasteiger partial charge in [-0.05, 0) is 141 Å². The number of hydroxylamine groups is 2. The fraction of sp³-hybridized carbons (Fsp3) is 0.241. The number of halogens is 4. The maximum absolute atomic E-state index is 13.7. The number of ether oxygens (including phenoxy) is 1. The SMILES string of the molecule is CCOC(=O)CCCCc1nc2cc(C3=N[C@H](c4ccc(F)cc4)CON3)ccc2c(=O)n1-c1ccc(F)cc1.O=C(O)CCCCc1nc2cc(C3=N[C@H](c4ccc(F)cc4)CON3)ccc2c(=O)n1-c1ccc(F)cc1.[Li+].[OH-]. The number of benzene rings is 6. The number of aliphatic carboxylic acids is 1. The number of aromatic nitrogens is 4. The minimum atomic E-state index is -0.890. The van der Waals surface area contributed by atoms with Crippen LogP contribution in [0.5, 0.6) is 0 Å². The van der Waals surface area contributed by atoms with Crippen LogP contribution < -0.4 is 40.9 Å². The van der Waals surface area contributed by atoms with Crippen molar-refractivity contribution in [2.75, 3.05) is 19.8 Å². The van der Waals surface area contributed by atoms with Crippen molar-refractivity contribution in [1.29, 1.82) is 0 Å². The Kier molecular flexibility index (Phi) is 20.4. The van der Waals surface area contributed by atoms with Crippen LogP contribution >= 0.6 is 0 Å². The minimum absolute atomic E-state index is 0. The summed E-state index contributed by atoms with van der Waals surface area (Å²) in [6.45, 7) is 2.63. The summed E-state index contributed by atoms with van der Waals surface area (Å²) < 4.78 is 61.8. The number of amidine groups is 2. The molecular weight excluding hydrogens is 1040 g/mol. The molecule has 0 spiro atoms. The number of aliphatic imine (C=N–C) groups is 2. The van der Waals surface area contributed by atoms with Crippen molar-refractivity contribution in [3.8, 4) is 11.4 Å². The third-order valence-electron chi connectivity index (χ3n) is 12.9. The van der Waals surface area contributed by atoms with E-state index in [1.807, 2.05) is 0 Å². The Labute approximate surface area is 467 Å². The Balaban J connectivity index is 0.000000226. The largest absolute Gasteiger partial charge is 1.00 e. The Hall–Kier alpha value is -8.32. The number of nitrogens with zero attached hydrogens (tertiary/aromatic N) is 6. The smallest absolute Gasteiger partial charge is 0.870 e. The molecule has 80 heavy (non-hydrogen) atoms. The first-order valence-electron chi connectivity index (χ1n) is 25.3. The Bertz CT molecular complexity index is 3660. The average molecular weight is 1090 g/mol. The number of carboxylic acids is 1. The van der Waals surface area contributed by atoms with E-state index in [9.17, 15) is 36.7 Å². The van der Waals surface area contributed by atoms with E-state index in [1.165, 1.54) is 81.9 Å². The summed E-state index contributed by atoms with van der Waals surface area (Å²) in [5.41, 5.74) is 9.83. The summed E-state index contributed by atoms with van der Waals surface area (Å²) in [6.07, 6.45) is 3.16. The van der Waals surface area contributed by atoms with Crippen molar-refractivity contribution >= 4 is 45.4 Å². The second kappa shape index (κ2) is 27.5. The molecular formula is C58H53F4LiN8O9. The molecule has 2 aliphatic heterocycles. The number of unbranched alkanes of at least 4 members (excludes halogenated alkanes) is 2. The van der Waals surface area contributed by atoms with Gasteiger partial charge in [-0.15, -0.1) is 0 Å². The van der Waals surface area contributed by atoms with Crippen LogP contribution in [0.2, 0.25) is 0 Å². The van der Waals surface area contributed by atoms with Gasteiger partial charge >= 0.3 is 30.8 Å². The standard InChI is InChI=1S/C30H28F2N4O4.C28H24F2N4O4.Li.H2O/c1-2-39-28(37)6-4-3-5-27-33-25-17-20(29-34-26(18-40-35-29)19-7-10-21(31)11-8-19)9-16-24(25)30(38)36(27)23-14-12-22(32)13-15-23;29-19-8-5-17(6-9-19)24-16-38-33-27(32-24)18-7-14-22-23(15-18)31-25(3-1-2-4-26(35)36)34(28(22)37)21-12-10-20(30)11-13-21;;/h7-17,26H,2-6,18H2,1H3,(H,34,35);5-15,24H,1-4,16H2,(H,32,33)(H,35,36);;1H2/q;;+1;/p-1/t26-;24-;;/m00../s1. The third-order valence-corrected chi connectivity index (χ3v) is 12.9. The van der Waals surface area contributed by atoms with E-state index in [4.69, 9.17) is 39.5 Å². The van der Waals surface area contributed by atoms with Gasteiger partial charge in [-0.25, -0.2) is 38.5 Å². The normalized spacial score (nSPS) is 14.7. The molecule has 0 amide bonds. The fourth-order valence-corrected chi connectivity index (χ4v) is 8.95. The van der Waals surface area contributed by atoms with E-state index < -0.39 is 17.6 Å². The van der Waals surface area contributed by atoms with Crippen molar-refractivity contribution in [2.24, 2.45) is 9.98 Å². The quantitative estimate of drug-likeness (QED) is 0.0396. The van der Waals surface area contributed by atoms with Crippen molar-refractivity contribution in [1.82, 2.24) is 30.1 Å². The van der Waals surface area contributed by atoms with E-state index in [-0.39, 0.29) is 91.2 Å². The minimum Gasteiger partial charge on any atom is -0.870 e. The second-order valence-electron chi connectivity index (χ2n) is 18.3. The number of hydrogen-bond acceptors (Lipinski definition) is 14. The first-order chi connectivity index (χ1) is 37.8. The molecule has 2 aliphatic rings. The molecule has 10 rings (SSSR count). The zero-order chi connectivity index (χ0) is 54.7. The van der Waals surface area contributed by atoms with Crippen LogP contribution in [-0.2, 0) is 36.8 Å². The number of aryl methyl sites for hydroxylation is 2. The first-order valence-corrected chi connectivity index (χ1v) is 25.3. The number of carbonyl (C=O) groups excluding carboxylic acids is 1. The van der Waals surface area contributed by atoms with E-state index in [0.717, 1.165) is 11.1 Å². The maximum atomic E-state index is 13.7. The van der Waals surface area contributed by atoms with Crippen molar-refractivity contribution in [2.45, 2.75) is 70.4 Å². The van der Waals surface area contributed by atoms with Gasteiger partial charge in [0.2, 0.25) is 0 Å². The van der Waals surface area contributed by atoms with E-state index >= 15 is 0 Å². The van der Waals surface area contributed by atoms with E-state index in [0.29, 0.717) is 113 Å². The molecule has 4 N–H and O–H groups in total. The fourth-order valence-electron chi connectivity index (χ4n) is 8.95. The average Bonchev–Trinajstić information content (AvgIpc) is 3.45. The Morgan fingerprint density at radius 1 is 0.588 bits per heavy atom. The van der Waals surface area contributed by atoms with Crippen LogP contribution in [0, 0.1) is 23.3 Å². The Morgan fingerprint density at radius 2 is 0.975 bits per heavy atom. The van der Waals surface area contributed by atoms with Gasteiger partial charge in [-0.1, -0.05) is 36.4 Å². The first kappa shape index (κ1) is 59.3. The van der Waals surface area contributed by atoms with Gasteiger partial charge in [0.05, 0.1) is 39.8 Å². The summed E-state index contributed by atoms with van der Waals surface area (Å²) in [4.78, 5) is 80.0. The number of hydrogen-bond donors (Lipinski definition) is 3. The summed E-state index contributed by atoms with van der Waals surface area (Å²) in [7, 11) is 0. The van der Waals surface area contributed by atoms with Gasteiger partial charge in [0.1, 0.15) is 60.2 Å². The number of rotatable bonds is 17. The monoisotopic (exact) mass is 1090 g/mol. The summed E-state index contributed by atoms with van der Waals surface area (Å²) in [5.74, 6) is -0.818. The van der Waals surface area contributed by atoms with E-state index in [1.54, 1.807) is 67.6 Å². The molecule has 0 fully saturated rings. The van der Waals surface area contributed by atoms with Gasteiger partial charge < -0.3 is 15.3 Å².